The lowest BCUT2D eigenvalue weighted by Crippen LogP contribution is -2.11. The molecule has 0 aliphatic carbocycles. The van der Waals surface area contributed by atoms with Gasteiger partial charge >= 0.3 is 0 Å². The molecule has 2 N–H and O–H groups in total. The normalized spacial score (nSPS) is 11.8. The van der Waals surface area contributed by atoms with Crippen LogP contribution in [0.1, 0.15) is 22.5 Å². The summed E-state index contributed by atoms with van der Waals surface area (Å²) < 4.78 is 24.9. The van der Waals surface area contributed by atoms with Gasteiger partial charge in [-0.1, -0.05) is 30.3 Å². The number of ketones is 1. The fourth-order valence-electron chi connectivity index (χ4n) is 3.32. The van der Waals surface area contributed by atoms with Crippen molar-refractivity contribution in [2.45, 2.75) is 24.3 Å². The zero-order valence-corrected chi connectivity index (χ0v) is 17.2. The Morgan fingerprint density at radius 2 is 1.72 bits per heavy atom. The zero-order valence-electron chi connectivity index (χ0n) is 15.6. The molecule has 0 bridgehead atoms. The van der Waals surface area contributed by atoms with Crippen LogP contribution in [0.2, 0.25) is 0 Å². The van der Waals surface area contributed by atoms with Crippen LogP contribution in [0.5, 0.6) is 0 Å². The molecule has 0 fully saturated rings. The van der Waals surface area contributed by atoms with Gasteiger partial charge in [0.25, 0.3) is 0 Å². The molecule has 5 nitrogen and oxygen atoms in total. The van der Waals surface area contributed by atoms with Crippen LogP contribution in [0.4, 0.5) is 0 Å². The van der Waals surface area contributed by atoms with Gasteiger partial charge in [-0.25, -0.2) is 13.6 Å². The largest absolute Gasteiger partial charge is 0.347 e. The standard InChI is InChI=1S/C22H20N2O3S2/c23-29(26,27)18-9-7-17(8-10-18)21-11-12-22(28-21)20(25)6-3-14-24-15-13-16-4-1-2-5-19(16)24/h1-2,4-5,7-13,15H,3,6,14H2,(H2,23,26,27). The number of carbonyl (C=O) groups excluding carboxylic acids is 1. The predicted octanol–water partition coefficient (Wildman–Crippen LogP) is 4.68. The third kappa shape index (κ3) is 4.32. The number of benzene rings is 2. The van der Waals surface area contributed by atoms with Crippen molar-refractivity contribution in [1.82, 2.24) is 4.57 Å². The molecule has 0 spiro atoms. The van der Waals surface area contributed by atoms with Crippen LogP contribution in [-0.4, -0.2) is 18.8 Å². The Bertz CT molecular complexity index is 1270. The Morgan fingerprint density at radius 1 is 0.966 bits per heavy atom. The number of para-hydroxylation sites is 1. The summed E-state index contributed by atoms with van der Waals surface area (Å²) in [4.78, 5) is 14.3. The first-order valence-electron chi connectivity index (χ1n) is 9.22. The van der Waals surface area contributed by atoms with Crippen LogP contribution in [0, 0.1) is 0 Å². The molecule has 4 aromatic rings. The molecule has 0 unspecified atom stereocenters. The van der Waals surface area contributed by atoms with E-state index in [4.69, 9.17) is 5.14 Å². The fraction of sp³-hybridized carbons (Fsp3) is 0.136. The Morgan fingerprint density at radius 3 is 2.48 bits per heavy atom. The Balaban J connectivity index is 1.39. The van der Waals surface area contributed by atoms with E-state index in [1.807, 2.05) is 24.3 Å². The van der Waals surface area contributed by atoms with Crippen molar-refractivity contribution in [3.05, 3.63) is 77.8 Å². The summed E-state index contributed by atoms with van der Waals surface area (Å²) in [6.07, 6.45) is 3.31. The first-order chi connectivity index (χ1) is 13.9. The third-order valence-electron chi connectivity index (χ3n) is 4.83. The van der Waals surface area contributed by atoms with Gasteiger partial charge in [0.05, 0.1) is 9.77 Å². The van der Waals surface area contributed by atoms with Crippen molar-refractivity contribution in [1.29, 1.82) is 0 Å². The van der Waals surface area contributed by atoms with Crippen molar-refractivity contribution in [2.24, 2.45) is 5.14 Å². The Labute approximate surface area is 173 Å². The number of sulfonamides is 1. The summed E-state index contributed by atoms with van der Waals surface area (Å²) in [7, 11) is -3.71. The molecule has 0 atom stereocenters. The fourth-order valence-corrected chi connectivity index (χ4v) is 4.81. The second kappa shape index (κ2) is 7.94. The third-order valence-corrected chi connectivity index (χ3v) is 6.94. The number of hydrogen-bond donors (Lipinski definition) is 1. The quantitative estimate of drug-likeness (QED) is 0.437. The lowest BCUT2D eigenvalue weighted by Gasteiger charge is -2.04. The minimum atomic E-state index is -3.71. The summed E-state index contributed by atoms with van der Waals surface area (Å²) in [5, 5.41) is 6.33. The molecule has 0 radical (unpaired) electrons. The minimum Gasteiger partial charge on any atom is -0.347 e. The highest BCUT2D eigenvalue weighted by molar-refractivity contribution is 7.89. The number of nitrogens with zero attached hydrogens (tertiary/aromatic N) is 1. The number of carbonyl (C=O) groups is 1. The van der Waals surface area contributed by atoms with Gasteiger partial charge in [0.15, 0.2) is 5.78 Å². The molecule has 4 rings (SSSR count). The zero-order chi connectivity index (χ0) is 20.4. The lowest BCUT2D eigenvalue weighted by molar-refractivity contribution is 0.0982. The van der Waals surface area contributed by atoms with Gasteiger partial charge in [-0.2, -0.15) is 0 Å². The van der Waals surface area contributed by atoms with Crippen molar-refractivity contribution in [3.63, 3.8) is 0 Å². The number of primary sulfonamides is 1. The van der Waals surface area contributed by atoms with E-state index >= 15 is 0 Å². The van der Waals surface area contributed by atoms with Crippen LogP contribution in [0.25, 0.3) is 21.3 Å². The molecule has 148 valence electrons. The number of fused-ring (bicyclic) bond motifs is 1. The molecular weight excluding hydrogens is 404 g/mol. The lowest BCUT2D eigenvalue weighted by atomic mass is 10.1. The summed E-state index contributed by atoms with van der Waals surface area (Å²) in [5.74, 6) is 0.124. The van der Waals surface area contributed by atoms with Gasteiger partial charge in [0.1, 0.15) is 0 Å². The van der Waals surface area contributed by atoms with Gasteiger partial charge in [0.2, 0.25) is 10.0 Å². The van der Waals surface area contributed by atoms with Crippen LogP contribution in [-0.2, 0) is 16.6 Å². The molecule has 0 saturated carbocycles. The van der Waals surface area contributed by atoms with E-state index in [-0.39, 0.29) is 10.7 Å². The van der Waals surface area contributed by atoms with E-state index < -0.39 is 10.0 Å². The van der Waals surface area contributed by atoms with Crippen molar-refractivity contribution in [2.75, 3.05) is 0 Å². The SMILES string of the molecule is NS(=O)(=O)c1ccc(-c2ccc(C(=O)CCCn3ccc4ccccc43)s2)cc1. The average Bonchev–Trinajstić information content (AvgIpc) is 3.35. The van der Waals surface area contributed by atoms with Crippen LogP contribution < -0.4 is 5.14 Å². The highest BCUT2D eigenvalue weighted by Crippen LogP contribution is 2.29. The van der Waals surface area contributed by atoms with Gasteiger partial charge in [0, 0.05) is 29.6 Å². The van der Waals surface area contributed by atoms with Crippen molar-refractivity contribution >= 4 is 38.0 Å². The molecule has 29 heavy (non-hydrogen) atoms. The van der Waals surface area contributed by atoms with E-state index in [0.717, 1.165) is 23.4 Å². The van der Waals surface area contributed by atoms with E-state index in [2.05, 4.69) is 29.0 Å². The molecule has 0 aliphatic heterocycles. The highest BCUT2D eigenvalue weighted by Gasteiger charge is 2.12. The first kappa shape index (κ1) is 19.6. The number of aryl methyl sites for hydroxylation is 1. The number of nitrogens with two attached hydrogens (primary N) is 1. The molecule has 7 heteroatoms. The Hall–Kier alpha value is -2.74. The second-order valence-electron chi connectivity index (χ2n) is 6.83. The van der Waals surface area contributed by atoms with Crippen LogP contribution >= 0.6 is 11.3 Å². The monoisotopic (exact) mass is 424 g/mol. The van der Waals surface area contributed by atoms with E-state index in [1.165, 1.54) is 34.4 Å². The second-order valence-corrected chi connectivity index (χ2v) is 9.47. The van der Waals surface area contributed by atoms with E-state index in [0.29, 0.717) is 11.3 Å². The summed E-state index contributed by atoms with van der Waals surface area (Å²) in [6.45, 7) is 0.798. The summed E-state index contributed by atoms with van der Waals surface area (Å²) >= 11 is 1.42. The number of hydrogen-bond acceptors (Lipinski definition) is 4. The van der Waals surface area contributed by atoms with Crippen LogP contribution in [0.3, 0.4) is 0 Å². The molecule has 2 aromatic carbocycles. The molecule has 0 saturated heterocycles. The number of thiophene rings is 1. The molecule has 2 aromatic heterocycles. The number of rotatable bonds is 7. The summed E-state index contributed by atoms with van der Waals surface area (Å²) in [6, 6.07) is 20.4. The average molecular weight is 425 g/mol. The van der Waals surface area contributed by atoms with E-state index in [1.54, 1.807) is 12.1 Å². The van der Waals surface area contributed by atoms with Crippen molar-refractivity contribution < 1.29 is 13.2 Å². The van der Waals surface area contributed by atoms with E-state index in [9.17, 15) is 13.2 Å². The minimum absolute atomic E-state index is 0.0756. The molecule has 0 amide bonds. The molecule has 2 heterocycles. The highest BCUT2D eigenvalue weighted by atomic mass is 32.2. The molecule has 0 aliphatic rings. The topological polar surface area (TPSA) is 82.2 Å². The maximum absolute atomic E-state index is 12.6. The maximum atomic E-state index is 12.6. The molecular formula is C22H20N2O3S2. The first-order valence-corrected chi connectivity index (χ1v) is 11.6. The number of Topliss-reactive ketones (excluding diaryl/α,β-unsaturated/α-hetero) is 1. The predicted molar refractivity (Wildman–Crippen MR) is 117 cm³/mol. The van der Waals surface area contributed by atoms with Gasteiger partial charge in [-0.05, 0) is 53.8 Å². The smallest absolute Gasteiger partial charge is 0.238 e. The maximum Gasteiger partial charge on any atom is 0.238 e. The number of aromatic nitrogens is 1. The van der Waals surface area contributed by atoms with Gasteiger partial charge < -0.3 is 4.57 Å². The Kier molecular flexibility index (Phi) is 5.36. The van der Waals surface area contributed by atoms with Gasteiger partial charge in [-0.15, -0.1) is 11.3 Å². The summed E-state index contributed by atoms with van der Waals surface area (Å²) in [5.41, 5.74) is 2.04. The van der Waals surface area contributed by atoms with Crippen LogP contribution in [0.15, 0.2) is 77.8 Å². The van der Waals surface area contributed by atoms with Crippen molar-refractivity contribution in [3.8, 4) is 10.4 Å². The van der Waals surface area contributed by atoms with Gasteiger partial charge in [-0.3, -0.25) is 4.79 Å².